The van der Waals surface area contributed by atoms with Crippen LogP contribution >= 0.6 is 11.3 Å². The maximum absolute atomic E-state index is 12.1. The lowest BCUT2D eigenvalue weighted by Gasteiger charge is -2.11. The number of rotatable bonds is 5. The van der Waals surface area contributed by atoms with E-state index in [1.807, 2.05) is 0 Å². The van der Waals surface area contributed by atoms with Crippen LogP contribution < -0.4 is 4.72 Å². The quantitative estimate of drug-likeness (QED) is 0.821. The molecule has 2 rings (SSSR count). The van der Waals surface area contributed by atoms with E-state index in [1.54, 1.807) is 5.38 Å². The predicted octanol–water partition coefficient (Wildman–Crippen LogP) is 0.992. The summed E-state index contributed by atoms with van der Waals surface area (Å²) in [6, 6.07) is 1.40. The molecule has 0 aromatic carbocycles. The van der Waals surface area contributed by atoms with Gasteiger partial charge in [0.1, 0.15) is 9.77 Å². The Morgan fingerprint density at radius 1 is 1.63 bits per heavy atom. The minimum atomic E-state index is -3.71. The summed E-state index contributed by atoms with van der Waals surface area (Å²) in [7, 11) is -2.49. The van der Waals surface area contributed by atoms with Gasteiger partial charge in [-0.25, -0.2) is 17.9 Å². The first-order valence-electron chi connectivity index (χ1n) is 5.81. The minimum absolute atomic E-state index is 0.0395. The molecule has 1 aliphatic heterocycles. The Hall–Kier alpha value is -0.960. The molecular weight excluding hydrogens is 290 g/mol. The molecule has 1 N–H and O–H groups in total. The van der Waals surface area contributed by atoms with Crippen molar-refractivity contribution >= 4 is 27.3 Å². The summed E-state index contributed by atoms with van der Waals surface area (Å²) in [5, 5.41) is 1.55. The zero-order valence-electron chi connectivity index (χ0n) is 10.4. The standard InChI is InChI=1S/C11H15NO5S2/c1-16-11(13)10-9(4-6-18-10)19(14,15)12-7-8-3-2-5-17-8/h4,6,8,12H,2-3,5,7H2,1H3. The van der Waals surface area contributed by atoms with Gasteiger partial charge in [-0.3, -0.25) is 0 Å². The number of thiophene rings is 1. The Morgan fingerprint density at radius 3 is 3.05 bits per heavy atom. The molecule has 8 heteroatoms. The molecule has 0 amide bonds. The largest absolute Gasteiger partial charge is 0.465 e. The number of hydrogen-bond donors (Lipinski definition) is 1. The second-order valence-electron chi connectivity index (χ2n) is 4.09. The van der Waals surface area contributed by atoms with E-state index in [0.29, 0.717) is 6.61 Å². The number of ether oxygens (including phenoxy) is 2. The number of carbonyl (C=O) groups is 1. The highest BCUT2D eigenvalue weighted by Gasteiger charge is 2.26. The van der Waals surface area contributed by atoms with Crippen LogP contribution in [0.25, 0.3) is 0 Å². The molecule has 2 heterocycles. The van der Waals surface area contributed by atoms with Gasteiger partial charge in [0.2, 0.25) is 10.0 Å². The van der Waals surface area contributed by atoms with Crippen LogP contribution in [-0.2, 0) is 19.5 Å². The molecule has 0 saturated carbocycles. The van der Waals surface area contributed by atoms with Crippen LogP contribution in [0.4, 0.5) is 0 Å². The molecule has 1 fully saturated rings. The van der Waals surface area contributed by atoms with E-state index in [-0.39, 0.29) is 22.4 Å². The summed E-state index contributed by atoms with van der Waals surface area (Å²) in [5.41, 5.74) is 0. The molecule has 0 bridgehead atoms. The van der Waals surface area contributed by atoms with Crippen LogP contribution in [0.1, 0.15) is 22.5 Å². The van der Waals surface area contributed by atoms with Gasteiger partial charge in [0.05, 0.1) is 13.2 Å². The van der Waals surface area contributed by atoms with E-state index in [2.05, 4.69) is 9.46 Å². The molecule has 0 radical (unpaired) electrons. The van der Waals surface area contributed by atoms with Crippen molar-refractivity contribution in [2.45, 2.75) is 23.8 Å². The van der Waals surface area contributed by atoms with Gasteiger partial charge in [-0.15, -0.1) is 11.3 Å². The summed E-state index contributed by atoms with van der Waals surface area (Å²) in [4.78, 5) is 11.5. The molecule has 6 nitrogen and oxygen atoms in total. The van der Waals surface area contributed by atoms with E-state index in [1.165, 1.54) is 13.2 Å². The monoisotopic (exact) mass is 305 g/mol. The molecular formula is C11H15NO5S2. The first kappa shape index (κ1) is 14.4. The Balaban J connectivity index is 2.10. The molecule has 0 spiro atoms. The molecule has 1 atom stereocenters. The van der Waals surface area contributed by atoms with Gasteiger partial charge >= 0.3 is 5.97 Å². The van der Waals surface area contributed by atoms with E-state index < -0.39 is 16.0 Å². The highest BCUT2D eigenvalue weighted by molar-refractivity contribution is 7.89. The fourth-order valence-electron chi connectivity index (χ4n) is 1.84. The lowest BCUT2D eigenvalue weighted by molar-refractivity contribution is 0.0602. The number of sulfonamides is 1. The van der Waals surface area contributed by atoms with Crippen LogP contribution in [0.5, 0.6) is 0 Å². The van der Waals surface area contributed by atoms with Crippen molar-refractivity contribution in [3.63, 3.8) is 0 Å². The average molecular weight is 305 g/mol. The van der Waals surface area contributed by atoms with Crippen LogP contribution in [-0.4, -0.2) is 40.8 Å². The SMILES string of the molecule is COC(=O)c1sccc1S(=O)(=O)NCC1CCCO1. The van der Waals surface area contributed by atoms with E-state index in [9.17, 15) is 13.2 Å². The average Bonchev–Trinajstić information content (AvgIpc) is 3.06. The Bertz CT molecular complexity index is 545. The van der Waals surface area contributed by atoms with Crippen molar-refractivity contribution < 1.29 is 22.7 Å². The van der Waals surface area contributed by atoms with Crippen molar-refractivity contribution in [3.8, 4) is 0 Å². The molecule has 106 valence electrons. The molecule has 1 aromatic rings. The third kappa shape index (κ3) is 3.33. The zero-order valence-corrected chi connectivity index (χ0v) is 12.1. The topological polar surface area (TPSA) is 81.7 Å². The Kier molecular flexibility index (Phi) is 4.56. The third-order valence-corrected chi connectivity index (χ3v) is 5.30. The summed E-state index contributed by atoms with van der Waals surface area (Å²) in [6.07, 6.45) is 1.70. The highest BCUT2D eigenvalue weighted by Crippen LogP contribution is 2.23. The lowest BCUT2D eigenvalue weighted by atomic mass is 10.2. The van der Waals surface area contributed by atoms with Gasteiger partial charge in [0.25, 0.3) is 0 Å². The van der Waals surface area contributed by atoms with Crippen molar-refractivity contribution in [1.82, 2.24) is 4.72 Å². The number of carbonyl (C=O) groups excluding carboxylic acids is 1. The van der Waals surface area contributed by atoms with Gasteiger partial charge in [0, 0.05) is 13.2 Å². The fourth-order valence-corrected chi connectivity index (χ4v) is 4.24. The molecule has 1 aromatic heterocycles. The van der Waals surface area contributed by atoms with Gasteiger partial charge in [-0.1, -0.05) is 0 Å². The van der Waals surface area contributed by atoms with Crippen LogP contribution in [0.2, 0.25) is 0 Å². The summed E-state index contributed by atoms with van der Waals surface area (Å²) < 4.78 is 36.6. The number of methoxy groups -OCH3 is 1. The third-order valence-electron chi connectivity index (χ3n) is 2.81. The summed E-state index contributed by atoms with van der Waals surface area (Å²) >= 11 is 1.04. The van der Waals surface area contributed by atoms with Crippen molar-refractivity contribution in [1.29, 1.82) is 0 Å². The summed E-state index contributed by atoms with van der Waals surface area (Å²) in [5.74, 6) is -0.646. The number of nitrogens with one attached hydrogen (secondary N) is 1. The van der Waals surface area contributed by atoms with Crippen LogP contribution in [0.3, 0.4) is 0 Å². The van der Waals surface area contributed by atoms with Crippen molar-refractivity contribution in [2.75, 3.05) is 20.3 Å². The number of esters is 1. The van der Waals surface area contributed by atoms with Crippen LogP contribution in [0.15, 0.2) is 16.3 Å². The van der Waals surface area contributed by atoms with Crippen molar-refractivity contribution in [3.05, 3.63) is 16.3 Å². The second-order valence-corrected chi connectivity index (χ2v) is 6.74. The first-order valence-corrected chi connectivity index (χ1v) is 8.18. The Labute approximate surface area is 115 Å². The van der Waals surface area contributed by atoms with Crippen LogP contribution in [0, 0.1) is 0 Å². The maximum atomic E-state index is 12.1. The van der Waals surface area contributed by atoms with Gasteiger partial charge in [-0.2, -0.15) is 0 Å². The predicted molar refractivity (Wildman–Crippen MR) is 69.8 cm³/mol. The molecule has 0 aliphatic carbocycles. The molecule has 1 unspecified atom stereocenters. The van der Waals surface area contributed by atoms with Gasteiger partial charge in [-0.05, 0) is 24.3 Å². The maximum Gasteiger partial charge on any atom is 0.349 e. The van der Waals surface area contributed by atoms with E-state index in [4.69, 9.17) is 4.74 Å². The van der Waals surface area contributed by atoms with Gasteiger partial charge in [0.15, 0.2) is 0 Å². The first-order chi connectivity index (χ1) is 9.04. The lowest BCUT2D eigenvalue weighted by Crippen LogP contribution is -2.32. The second kappa shape index (κ2) is 6.00. The van der Waals surface area contributed by atoms with Crippen molar-refractivity contribution in [2.24, 2.45) is 0 Å². The normalized spacial score (nSPS) is 19.5. The molecule has 19 heavy (non-hydrogen) atoms. The fraction of sp³-hybridized carbons (Fsp3) is 0.545. The minimum Gasteiger partial charge on any atom is -0.465 e. The van der Waals surface area contributed by atoms with E-state index in [0.717, 1.165) is 24.2 Å². The smallest absolute Gasteiger partial charge is 0.349 e. The van der Waals surface area contributed by atoms with E-state index >= 15 is 0 Å². The molecule has 1 saturated heterocycles. The Morgan fingerprint density at radius 2 is 2.42 bits per heavy atom. The number of hydrogen-bond acceptors (Lipinski definition) is 6. The highest BCUT2D eigenvalue weighted by atomic mass is 32.2. The molecule has 1 aliphatic rings. The van der Waals surface area contributed by atoms with Gasteiger partial charge < -0.3 is 9.47 Å². The zero-order chi connectivity index (χ0) is 13.9. The summed E-state index contributed by atoms with van der Waals surface area (Å²) in [6.45, 7) is 0.886.